The number of nitrogens with zero attached hydrogens (tertiary/aromatic N) is 2. The summed E-state index contributed by atoms with van der Waals surface area (Å²) in [5.41, 5.74) is 7.37. The first-order valence-electron chi connectivity index (χ1n) is 7.06. The lowest BCUT2D eigenvalue weighted by atomic mass is 9.89. The SMILES string of the molecule is NC1=NC(=O)N(CC2CC2)C12CCc1cc(F)ccc12. The Labute approximate surface area is 116 Å². The average Bonchev–Trinajstić information content (AvgIpc) is 3.11. The van der Waals surface area contributed by atoms with E-state index in [2.05, 4.69) is 4.99 Å². The highest BCUT2D eigenvalue weighted by Crippen LogP contribution is 2.47. The second kappa shape index (κ2) is 3.81. The average molecular weight is 273 g/mol. The minimum absolute atomic E-state index is 0.241. The molecule has 1 fully saturated rings. The molecule has 2 aliphatic carbocycles. The third-order valence-electron chi connectivity index (χ3n) is 4.74. The quantitative estimate of drug-likeness (QED) is 0.897. The van der Waals surface area contributed by atoms with E-state index >= 15 is 0 Å². The minimum atomic E-state index is -0.622. The van der Waals surface area contributed by atoms with Crippen molar-refractivity contribution in [2.45, 2.75) is 31.2 Å². The van der Waals surface area contributed by atoms with Crippen molar-refractivity contribution in [1.29, 1.82) is 0 Å². The Morgan fingerprint density at radius 3 is 3.00 bits per heavy atom. The molecule has 0 aromatic heterocycles. The van der Waals surface area contributed by atoms with Gasteiger partial charge in [0.15, 0.2) is 0 Å². The van der Waals surface area contributed by atoms with E-state index in [-0.39, 0.29) is 11.8 Å². The maximum atomic E-state index is 13.4. The van der Waals surface area contributed by atoms with Gasteiger partial charge in [-0.2, -0.15) is 4.99 Å². The number of amidine groups is 1. The van der Waals surface area contributed by atoms with Crippen molar-refractivity contribution >= 4 is 11.9 Å². The van der Waals surface area contributed by atoms with Crippen molar-refractivity contribution in [2.24, 2.45) is 16.6 Å². The fraction of sp³-hybridized carbons (Fsp3) is 0.467. The van der Waals surface area contributed by atoms with Gasteiger partial charge >= 0.3 is 6.03 Å². The summed E-state index contributed by atoms with van der Waals surface area (Å²) in [5.74, 6) is 0.698. The predicted octanol–water partition coefficient (Wildman–Crippen LogP) is 2.17. The summed E-state index contributed by atoms with van der Waals surface area (Å²) in [6, 6.07) is 4.51. The standard InChI is InChI=1S/C15H16FN3O/c16-11-3-4-12-10(7-11)5-6-15(12)13(17)18-14(20)19(15)8-9-1-2-9/h3-4,7,9H,1-2,5-6,8H2,(H2,17,18,20). The van der Waals surface area contributed by atoms with E-state index < -0.39 is 5.54 Å². The Hall–Kier alpha value is -1.91. The van der Waals surface area contributed by atoms with Crippen molar-refractivity contribution in [2.75, 3.05) is 6.54 Å². The Bertz CT molecular complexity index is 638. The van der Waals surface area contributed by atoms with Crippen LogP contribution < -0.4 is 5.73 Å². The normalized spacial score (nSPS) is 28.1. The summed E-state index contributed by atoms with van der Waals surface area (Å²) in [4.78, 5) is 18.0. The number of hydrogen-bond acceptors (Lipinski definition) is 2. The van der Waals surface area contributed by atoms with Crippen LogP contribution in [0.15, 0.2) is 23.2 Å². The van der Waals surface area contributed by atoms with Gasteiger partial charge in [-0.25, -0.2) is 9.18 Å². The molecule has 1 spiro atoms. The summed E-state index contributed by atoms with van der Waals surface area (Å²) in [6.07, 6.45) is 3.77. The molecule has 1 saturated carbocycles. The molecule has 20 heavy (non-hydrogen) atoms. The highest BCUT2D eigenvalue weighted by Gasteiger charge is 2.54. The summed E-state index contributed by atoms with van der Waals surface area (Å²) in [6.45, 7) is 0.708. The number of aliphatic imine (C=N–C) groups is 1. The number of carbonyl (C=O) groups is 1. The maximum Gasteiger partial charge on any atom is 0.346 e. The van der Waals surface area contributed by atoms with Crippen LogP contribution in [-0.2, 0) is 12.0 Å². The zero-order valence-electron chi connectivity index (χ0n) is 11.1. The van der Waals surface area contributed by atoms with Crippen LogP contribution in [0, 0.1) is 11.7 Å². The van der Waals surface area contributed by atoms with E-state index in [1.807, 2.05) is 4.90 Å². The number of fused-ring (bicyclic) bond motifs is 2. The molecular formula is C15H16FN3O. The van der Waals surface area contributed by atoms with Gasteiger partial charge in [-0.15, -0.1) is 0 Å². The third-order valence-corrected chi connectivity index (χ3v) is 4.74. The molecule has 4 rings (SSSR count). The largest absolute Gasteiger partial charge is 0.385 e. The number of halogens is 1. The highest BCUT2D eigenvalue weighted by atomic mass is 19.1. The minimum Gasteiger partial charge on any atom is -0.385 e. The molecule has 1 atom stereocenters. The molecule has 104 valence electrons. The van der Waals surface area contributed by atoms with Crippen molar-refractivity contribution in [1.82, 2.24) is 4.90 Å². The topological polar surface area (TPSA) is 58.7 Å². The van der Waals surface area contributed by atoms with Gasteiger partial charge in [0.25, 0.3) is 0 Å². The van der Waals surface area contributed by atoms with Crippen molar-refractivity contribution < 1.29 is 9.18 Å². The highest BCUT2D eigenvalue weighted by molar-refractivity contribution is 6.07. The molecule has 1 aliphatic heterocycles. The smallest absolute Gasteiger partial charge is 0.346 e. The predicted molar refractivity (Wildman–Crippen MR) is 72.8 cm³/mol. The summed E-state index contributed by atoms with van der Waals surface area (Å²) in [5, 5.41) is 0. The molecule has 1 aromatic rings. The molecule has 0 bridgehead atoms. The molecule has 1 unspecified atom stereocenters. The Balaban J connectivity index is 1.82. The van der Waals surface area contributed by atoms with E-state index in [1.54, 1.807) is 12.1 Å². The third kappa shape index (κ3) is 1.46. The van der Waals surface area contributed by atoms with E-state index in [9.17, 15) is 9.18 Å². The van der Waals surface area contributed by atoms with E-state index in [0.29, 0.717) is 24.7 Å². The monoisotopic (exact) mass is 273 g/mol. The van der Waals surface area contributed by atoms with Crippen LogP contribution >= 0.6 is 0 Å². The van der Waals surface area contributed by atoms with Gasteiger partial charge in [0.1, 0.15) is 17.2 Å². The maximum absolute atomic E-state index is 13.4. The lowest BCUT2D eigenvalue weighted by molar-refractivity contribution is 0.166. The van der Waals surface area contributed by atoms with Gasteiger partial charge in [-0.3, -0.25) is 0 Å². The van der Waals surface area contributed by atoms with Gasteiger partial charge in [0.05, 0.1) is 0 Å². The second-order valence-corrected chi connectivity index (χ2v) is 6.00. The molecule has 1 heterocycles. The van der Waals surface area contributed by atoms with E-state index in [4.69, 9.17) is 5.73 Å². The lowest BCUT2D eigenvalue weighted by Gasteiger charge is -2.35. The van der Waals surface area contributed by atoms with E-state index in [0.717, 1.165) is 30.4 Å². The number of benzene rings is 1. The number of urea groups is 1. The van der Waals surface area contributed by atoms with Crippen LogP contribution in [0.1, 0.15) is 30.4 Å². The number of nitrogens with two attached hydrogens (primary N) is 1. The van der Waals surface area contributed by atoms with Crippen LogP contribution in [0.3, 0.4) is 0 Å². The number of amides is 2. The fourth-order valence-electron chi connectivity index (χ4n) is 3.52. The number of aryl methyl sites for hydroxylation is 1. The van der Waals surface area contributed by atoms with Gasteiger partial charge in [0.2, 0.25) is 0 Å². The molecule has 0 radical (unpaired) electrons. The zero-order chi connectivity index (χ0) is 13.9. The number of carbonyl (C=O) groups excluding carboxylic acids is 1. The first kappa shape index (κ1) is 11.9. The molecule has 2 N–H and O–H groups in total. The molecular weight excluding hydrogens is 257 g/mol. The van der Waals surface area contributed by atoms with Crippen molar-refractivity contribution in [3.05, 3.63) is 35.1 Å². The van der Waals surface area contributed by atoms with Gasteiger partial charge in [-0.1, -0.05) is 6.07 Å². The zero-order valence-corrected chi connectivity index (χ0v) is 11.1. The second-order valence-electron chi connectivity index (χ2n) is 6.00. The first-order chi connectivity index (χ1) is 9.61. The van der Waals surface area contributed by atoms with Crippen LogP contribution in [-0.4, -0.2) is 23.3 Å². The fourth-order valence-corrected chi connectivity index (χ4v) is 3.52. The number of hydrogen-bond donors (Lipinski definition) is 1. The van der Waals surface area contributed by atoms with Crippen molar-refractivity contribution in [3.63, 3.8) is 0 Å². The number of rotatable bonds is 2. The molecule has 3 aliphatic rings. The molecule has 2 amide bonds. The Kier molecular flexibility index (Phi) is 2.26. The van der Waals surface area contributed by atoms with Gasteiger partial charge < -0.3 is 10.6 Å². The van der Waals surface area contributed by atoms with E-state index in [1.165, 1.54) is 6.07 Å². The summed E-state index contributed by atoms with van der Waals surface area (Å²) >= 11 is 0. The molecule has 5 heteroatoms. The molecule has 1 aromatic carbocycles. The van der Waals surface area contributed by atoms with Crippen LogP contribution in [0.4, 0.5) is 9.18 Å². The lowest BCUT2D eigenvalue weighted by Crippen LogP contribution is -2.50. The summed E-state index contributed by atoms with van der Waals surface area (Å²) < 4.78 is 13.4. The van der Waals surface area contributed by atoms with Crippen LogP contribution in [0.5, 0.6) is 0 Å². The molecule has 4 nitrogen and oxygen atoms in total. The Morgan fingerprint density at radius 1 is 1.45 bits per heavy atom. The molecule has 0 saturated heterocycles. The summed E-state index contributed by atoms with van der Waals surface area (Å²) in [7, 11) is 0. The van der Waals surface area contributed by atoms with Gasteiger partial charge in [-0.05, 0) is 54.9 Å². The Morgan fingerprint density at radius 2 is 2.25 bits per heavy atom. The van der Waals surface area contributed by atoms with Crippen LogP contribution in [0.25, 0.3) is 0 Å². The first-order valence-corrected chi connectivity index (χ1v) is 7.06. The van der Waals surface area contributed by atoms with Crippen LogP contribution in [0.2, 0.25) is 0 Å². The van der Waals surface area contributed by atoms with Crippen molar-refractivity contribution in [3.8, 4) is 0 Å². The van der Waals surface area contributed by atoms with Gasteiger partial charge in [0, 0.05) is 6.54 Å².